The zero-order valence-corrected chi connectivity index (χ0v) is 12.5. The minimum atomic E-state index is -0.254. The molecule has 0 aromatic carbocycles. The Labute approximate surface area is 116 Å². The predicted molar refractivity (Wildman–Crippen MR) is 73.4 cm³/mol. The van der Waals surface area contributed by atoms with E-state index in [9.17, 15) is 4.79 Å². The Hall–Kier alpha value is -1.69. The number of thiazole rings is 1. The molecule has 19 heavy (non-hydrogen) atoms. The molecule has 0 saturated heterocycles. The van der Waals surface area contributed by atoms with Crippen LogP contribution in [0.25, 0.3) is 0 Å². The van der Waals surface area contributed by atoms with Gasteiger partial charge in [-0.15, -0.1) is 11.3 Å². The molecular weight excluding hydrogens is 262 g/mol. The number of amides is 1. The molecule has 2 aromatic rings. The minimum Gasteiger partial charge on any atom is -0.436 e. The predicted octanol–water partition coefficient (Wildman–Crippen LogP) is 2.86. The molecule has 2 rings (SSSR count). The van der Waals surface area contributed by atoms with Crippen molar-refractivity contribution >= 4 is 17.2 Å². The van der Waals surface area contributed by atoms with E-state index in [0.29, 0.717) is 11.6 Å². The number of hydrogen-bond acceptors (Lipinski definition) is 5. The van der Waals surface area contributed by atoms with Gasteiger partial charge in [-0.2, -0.15) is 0 Å². The Kier molecular flexibility index (Phi) is 3.71. The first-order valence-corrected chi connectivity index (χ1v) is 6.89. The van der Waals surface area contributed by atoms with Gasteiger partial charge in [-0.25, -0.2) is 9.97 Å². The van der Waals surface area contributed by atoms with Gasteiger partial charge in [0.05, 0.1) is 22.4 Å². The van der Waals surface area contributed by atoms with Crippen LogP contribution in [0.2, 0.25) is 0 Å². The van der Waals surface area contributed by atoms with E-state index in [0.717, 1.165) is 15.6 Å². The lowest BCUT2D eigenvalue weighted by atomic mass is 10.2. The number of hydrogen-bond donors (Lipinski definition) is 1. The van der Waals surface area contributed by atoms with Crippen LogP contribution in [-0.2, 0) is 0 Å². The fraction of sp³-hybridized carbons (Fsp3) is 0.462. The van der Waals surface area contributed by atoms with Crippen molar-refractivity contribution in [2.75, 3.05) is 0 Å². The van der Waals surface area contributed by atoms with Gasteiger partial charge in [-0.3, -0.25) is 4.79 Å². The van der Waals surface area contributed by atoms with Crippen LogP contribution in [-0.4, -0.2) is 15.9 Å². The van der Waals surface area contributed by atoms with Crippen LogP contribution in [0.4, 0.5) is 0 Å². The first-order valence-electron chi connectivity index (χ1n) is 6.07. The average Bonchev–Trinajstić information content (AvgIpc) is 2.81. The van der Waals surface area contributed by atoms with Crippen LogP contribution in [0.5, 0.6) is 0 Å². The highest BCUT2D eigenvalue weighted by molar-refractivity contribution is 7.11. The summed E-state index contributed by atoms with van der Waals surface area (Å²) in [4.78, 5) is 21.8. The highest BCUT2D eigenvalue weighted by Crippen LogP contribution is 2.23. The molecule has 0 bridgehead atoms. The Morgan fingerprint density at radius 1 is 1.26 bits per heavy atom. The molecule has 1 N–H and O–H groups in total. The smallest absolute Gasteiger partial charge is 0.289 e. The van der Waals surface area contributed by atoms with E-state index in [4.69, 9.17) is 4.42 Å². The van der Waals surface area contributed by atoms with E-state index >= 15 is 0 Å². The van der Waals surface area contributed by atoms with Gasteiger partial charge in [0.1, 0.15) is 0 Å². The number of rotatable bonds is 3. The van der Waals surface area contributed by atoms with Gasteiger partial charge < -0.3 is 9.73 Å². The largest absolute Gasteiger partial charge is 0.436 e. The Bertz CT molecular complexity index is 615. The van der Waals surface area contributed by atoms with Gasteiger partial charge in [0, 0.05) is 11.8 Å². The molecule has 2 heterocycles. The van der Waals surface area contributed by atoms with Crippen molar-refractivity contribution in [2.45, 2.75) is 40.7 Å². The highest BCUT2D eigenvalue weighted by atomic mass is 32.1. The fourth-order valence-electron chi connectivity index (χ4n) is 2.02. The van der Waals surface area contributed by atoms with Crippen molar-refractivity contribution < 1.29 is 9.21 Å². The molecule has 0 radical (unpaired) electrons. The monoisotopic (exact) mass is 279 g/mol. The summed E-state index contributed by atoms with van der Waals surface area (Å²) in [5.41, 5.74) is 1.51. The Balaban J connectivity index is 2.15. The average molecular weight is 279 g/mol. The van der Waals surface area contributed by atoms with Crippen LogP contribution >= 0.6 is 11.3 Å². The van der Waals surface area contributed by atoms with E-state index in [-0.39, 0.29) is 17.7 Å². The Morgan fingerprint density at radius 2 is 1.95 bits per heavy atom. The second-order valence-corrected chi connectivity index (χ2v) is 5.92. The van der Waals surface area contributed by atoms with Crippen LogP contribution in [0.1, 0.15) is 50.7 Å². The molecule has 2 aromatic heterocycles. The SMILES string of the molecule is Cc1nc(C)c(C(=O)N[C@@H](C)c2nc(C)sc2C)o1. The summed E-state index contributed by atoms with van der Waals surface area (Å²) in [6.45, 7) is 9.36. The molecule has 0 aliphatic rings. The number of aromatic nitrogens is 2. The lowest BCUT2D eigenvalue weighted by molar-refractivity contribution is 0.0909. The molecule has 0 spiro atoms. The molecule has 6 heteroatoms. The van der Waals surface area contributed by atoms with Gasteiger partial charge in [-0.1, -0.05) is 0 Å². The van der Waals surface area contributed by atoms with E-state index in [1.165, 1.54) is 0 Å². The van der Waals surface area contributed by atoms with Crippen molar-refractivity contribution in [1.82, 2.24) is 15.3 Å². The topological polar surface area (TPSA) is 68.0 Å². The summed E-state index contributed by atoms with van der Waals surface area (Å²) in [5, 5.41) is 3.89. The van der Waals surface area contributed by atoms with Gasteiger partial charge in [0.2, 0.25) is 5.76 Å². The highest BCUT2D eigenvalue weighted by Gasteiger charge is 2.20. The number of oxazole rings is 1. The van der Waals surface area contributed by atoms with Crippen LogP contribution in [0.3, 0.4) is 0 Å². The van der Waals surface area contributed by atoms with Crippen molar-refractivity contribution in [2.24, 2.45) is 0 Å². The van der Waals surface area contributed by atoms with Crippen LogP contribution in [0, 0.1) is 27.7 Å². The van der Waals surface area contributed by atoms with Crippen molar-refractivity contribution in [3.05, 3.63) is 32.9 Å². The Morgan fingerprint density at radius 3 is 2.42 bits per heavy atom. The summed E-state index contributed by atoms with van der Waals surface area (Å²) in [5.74, 6) is 0.514. The first-order chi connectivity index (χ1) is 8.88. The maximum Gasteiger partial charge on any atom is 0.289 e. The van der Waals surface area contributed by atoms with E-state index in [1.807, 2.05) is 20.8 Å². The molecule has 0 aliphatic carbocycles. The quantitative estimate of drug-likeness (QED) is 0.938. The van der Waals surface area contributed by atoms with Crippen molar-refractivity contribution in [1.29, 1.82) is 0 Å². The standard InChI is InChI=1S/C13H17N3O2S/c1-6(11-8(3)19-10(5)16-11)15-13(17)12-7(2)14-9(4)18-12/h6H,1-5H3,(H,15,17)/t6-/m0/s1. The normalized spacial score (nSPS) is 12.5. The lowest BCUT2D eigenvalue weighted by Crippen LogP contribution is -2.27. The zero-order valence-electron chi connectivity index (χ0n) is 11.7. The molecule has 1 amide bonds. The minimum absolute atomic E-state index is 0.151. The first kappa shape index (κ1) is 13.7. The third-order valence-corrected chi connectivity index (χ3v) is 3.71. The molecule has 1 atom stereocenters. The second kappa shape index (κ2) is 5.13. The molecule has 0 unspecified atom stereocenters. The van der Waals surface area contributed by atoms with Crippen LogP contribution < -0.4 is 5.32 Å². The van der Waals surface area contributed by atoms with Gasteiger partial charge in [0.15, 0.2) is 5.89 Å². The third kappa shape index (κ3) is 2.84. The van der Waals surface area contributed by atoms with Crippen molar-refractivity contribution in [3.63, 3.8) is 0 Å². The maximum absolute atomic E-state index is 12.1. The third-order valence-electron chi connectivity index (χ3n) is 2.81. The summed E-state index contributed by atoms with van der Waals surface area (Å²) in [6.07, 6.45) is 0. The summed E-state index contributed by atoms with van der Waals surface area (Å²) < 4.78 is 5.31. The van der Waals surface area contributed by atoms with Gasteiger partial charge in [0.25, 0.3) is 5.91 Å². The van der Waals surface area contributed by atoms with E-state index < -0.39 is 0 Å². The molecule has 102 valence electrons. The number of aryl methyl sites for hydroxylation is 4. The number of carbonyl (C=O) groups is 1. The lowest BCUT2D eigenvalue weighted by Gasteiger charge is -2.11. The maximum atomic E-state index is 12.1. The fourth-order valence-corrected chi connectivity index (χ4v) is 2.93. The van der Waals surface area contributed by atoms with Crippen molar-refractivity contribution in [3.8, 4) is 0 Å². The molecule has 0 aliphatic heterocycles. The number of nitrogens with one attached hydrogen (secondary N) is 1. The summed E-state index contributed by atoms with van der Waals surface area (Å²) in [7, 11) is 0. The van der Waals surface area contributed by atoms with Gasteiger partial charge >= 0.3 is 0 Å². The zero-order chi connectivity index (χ0) is 14.2. The summed E-state index contributed by atoms with van der Waals surface area (Å²) >= 11 is 1.63. The van der Waals surface area contributed by atoms with Crippen LogP contribution in [0.15, 0.2) is 4.42 Å². The molecule has 5 nitrogen and oxygen atoms in total. The summed E-state index contributed by atoms with van der Waals surface area (Å²) in [6, 6.07) is -0.151. The molecule has 0 saturated carbocycles. The van der Waals surface area contributed by atoms with E-state index in [1.54, 1.807) is 25.2 Å². The molecular formula is C13H17N3O2S. The van der Waals surface area contributed by atoms with E-state index in [2.05, 4.69) is 15.3 Å². The second-order valence-electron chi connectivity index (χ2n) is 4.52. The van der Waals surface area contributed by atoms with Gasteiger partial charge in [-0.05, 0) is 27.7 Å². The molecule has 0 fully saturated rings. The number of nitrogens with zero attached hydrogens (tertiary/aromatic N) is 2. The number of carbonyl (C=O) groups excluding carboxylic acids is 1.